The fourth-order valence-electron chi connectivity index (χ4n) is 3.48. The predicted octanol–water partition coefficient (Wildman–Crippen LogP) is 2.41. The lowest BCUT2D eigenvalue weighted by Gasteiger charge is -2.23. The average molecular weight is 411 g/mol. The second-order valence-electron chi connectivity index (χ2n) is 6.94. The molecule has 0 aliphatic carbocycles. The molecule has 7 nitrogen and oxygen atoms in total. The van der Waals surface area contributed by atoms with Gasteiger partial charge in [-0.15, -0.1) is 0 Å². The fourth-order valence-corrected chi connectivity index (χ4v) is 3.79. The van der Waals surface area contributed by atoms with Gasteiger partial charge in [0.15, 0.2) is 16.6 Å². The van der Waals surface area contributed by atoms with Crippen molar-refractivity contribution in [3.8, 4) is 11.5 Å². The molecular formula is C21H21N3O4S. The molecule has 2 aromatic rings. The van der Waals surface area contributed by atoms with E-state index in [4.69, 9.17) is 21.7 Å². The summed E-state index contributed by atoms with van der Waals surface area (Å²) < 4.78 is 10.8. The molecule has 29 heavy (non-hydrogen) atoms. The molecular weight excluding hydrogens is 390 g/mol. The van der Waals surface area contributed by atoms with Crippen LogP contribution < -0.4 is 14.8 Å². The van der Waals surface area contributed by atoms with E-state index in [1.54, 1.807) is 7.05 Å². The van der Waals surface area contributed by atoms with Gasteiger partial charge < -0.3 is 19.7 Å². The van der Waals surface area contributed by atoms with Crippen molar-refractivity contribution in [2.24, 2.45) is 0 Å². The molecule has 0 radical (unpaired) electrons. The molecule has 1 N–H and O–H groups in total. The van der Waals surface area contributed by atoms with Gasteiger partial charge >= 0.3 is 0 Å². The lowest BCUT2D eigenvalue weighted by molar-refractivity contribution is -0.130. The second-order valence-corrected chi connectivity index (χ2v) is 7.31. The third-order valence-electron chi connectivity index (χ3n) is 5.04. The summed E-state index contributed by atoms with van der Waals surface area (Å²) in [7, 11) is 1.65. The van der Waals surface area contributed by atoms with Crippen LogP contribution in [0.1, 0.15) is 12.0 Å². The summed E-state index contributed by atoms with van der Waals surface area (Å²) in [5, 5.41) is 3.27. The van der Waals surface area contributed by atoms with Crippen LogP contribution in [0.2, 0.25) is 0 Å². The lowest BCUT2D eigenvalue weighted by Crippen LogP contribution is -2.39. The van der Waals surface area contributed by atoms with Crippen LogP contribution in [0.25, 0.3) is 0 Å². The van der Waals surface area contributed by atoms with Gasteiger partial charge in [-0.3, -0.25) is 14.5 Å². The standard InChI is InChI=1S/C21H21N3O4S/c1-23-20(26)16(12-19(25)22-15-5-3-2-4-6-15)24(21(23)29)10-9-14-7-8-17-18(11-14)28-13-27-17/h2-8,11,16H,9-10,12-13H2,1H3,(H,22,25). The van der Waals surface area contributed by atoms with Crippen LogP contribution in [0.15, 0.2) is 48.5 Å². The van der Waals surface area contributed by atoms with Crippen LogP contribution in [-0.2, 0) is 16.0 Å². The number of thiocarbonyl (C=S) groups is 1. The Bertz CT molecular complexity index is 950. The summed E-state index contributed by atoms with van der Waals surface area (Å²) in [6.07, 6.45) is 0.702. The van der Waals surface area contributed by atoms with E-state index in [2.05, 4.69) is 5.32 Å². The third-order valence-corrected chi connectivity index (χ3v) is 5.55. The minimum absolute atomic E-state index is 0.0410. The van der Waals surface area contributed by atoms with Crippen LogP contribution in [0.5, 0.6) is 11.5 Å². The highest BCUT2D eigenvalue weighted by molar-refractivity contribution is 7.80. The van der Waals surface area contributed by atoms with E-state index in [0.29, 0.717) is 23.8 Å². The number of ether oxygens (including phenoxy) is 2. The van der Waals surface area contributed by atoms with Gasteiger partial charge in [-0.2, -0.15) is 0 Å². The van der Waals surface area contributed by atoms with Gasteiger partial charge in [-0.25, -0.2) is 0 Å². The van der Waals surface area contributed by atoms with E-state index in [-0.39, 0.29) is 25.0 Å². The molecule has 0 bridgehead atoms. The average Bonchev–Trinajstić information content (AvgIpc) is 3.26. The zero-order valence-electron chi connectivity index (χ0n) is 16.0. The zero-order chi connectivity index (χ0) is 20.4. The van der Waals surface area contributed by atoms with Crippen molar-refractivity contribution in [1.82, 2.24) is 9.80 Å². The third kappa shape index (κ3) is 4.02. The molecule has 2 aromatic carbocycles. The number of amides is 2. The van der Waals surface area contributed by atoms with Crippen molar-refractivity contribution < 1.29 is 19.1 Å². The van der Waals surface area contributed by atoms with Crippen molar-refractivity contribution in [3.63, 3.8) is 0 Å². The highest BCUT2D eigenvalue weighted by Gasteiger charge is 2.41. The first-order valence-electron chi connectivity index (χ1n) is 9.34. The number of carbonyl (C=O) groups excluding carboxylic acids is 2. The number of likely N-dealkylation sites (N-methyl/N-ethyl adjacent to an activating group) is 1. The van der Waals surface area contributed by atoms with Crippen molar-refractivity contribution in [2.45, 2.75) is 18.9 Å². The van der Waals surface area contributed by atoms with E-state index in [1.807, 2.05) is 53.4 Å². The van der Waals surface area contributed by atoms with Crippen molar-refractivity contribution >= 4 is 34.8 Å². The number of rotatable bonds is 6. The quantitative estimate of drug-likeness (QED) is 0.736. The Hall–Kier alpha value is -3.13. The van der Waals surface area contributed by atoms with E-state index in [9.17, 15) is 9.59 Å². The topological polar surface area (TPSA) is 71.1 Å². The van der Waals surface area contributed by atoms with E-state index < -0.39 is 6.04 Å². The van der Waals surface area contributed by atoms with Gasteiger partial charge in [0.2, 0.25) is 12.7 Å². The Morgan fingerprint density at radius 2 is 1.93 bits per heavy atom. The maximum absolute atomic E-state index is 12.7. The monoisotopic (exact) mass is 411 g/mol. The first-order valence-corrected chi connectivity index (χ1v) is 9.75. The maximum atomic E-state index is 12.7. The highest BCUT2D eigenvalue weighted by atomic mass is 32.1. The van der Waals surface area contributed by atoms with Gasteiger partial charge in [0, 0.05) is 19.3 Å². The van der Waals surface area contributed by atoms with Crippen molar-refractivity contribution in [1.29, 1.82) is 0 Å². The smallest absolute Gasteiger partial charge is 0.251 e. The first kappa shape index (κ1) is 19.2. The first-order chi connectivity index (χ1) is 14.0. The van der Waals surface area contributed by atoms with Gasteiger partial charge in [0.25, 0.3) is 5.91 Å². The molecule has 8 heteroatoms. The summed E-state index contributed by atoms with van der Waals surface area (Å²) in [6, 6.07) is 14.4. The van der Waals surface area contributed by atoms with Crippen LogP contribution in [0, 0.1) is 0 Å². The molecule has 1 unspecified atom stereocenters. The number of carbonyl (C=O) groups is 2. The molecule has 2 aliphatic rings. The SMILES string of the molecule is CN1C(=O)C(CC(=O)Nc2ccccc2)N(CCc2ccc3c(c2)OCO3)C1=S. The molecule has 1 saturated heterocycles. The van der Waals surface area contributed by atoms with E-state index in [1.165, 1.54) is 4.90 Å². The number of hydrogen-bond donors (Lipinski definition) is 1. The molecule has 2 aliphatic heterocycles. The second kappa shape index (κ2) is 8.08. The highest BCUT2D eigenvalue weighted by Crippen LogP contribution is 2.33. The van der Waals surface area contributed by atoms with Crippen LogP contribution in [-0.4, -0.2) is 53.2 Å². The zero-order valence-corrected chi connectivity index (χ0v) is 16.8. The Morgan fingerprint density at radius 1 is 1.17 bits per heavy atom. The van der Waals surface area contributed by atoms with Gasteiger partial charge in [-0.1, -0.05) is 24.3 Å². The molecule has 4 rings (SSSR count). The van der Waals surface area contributed by atoms with E-state index in [0.717, 1.165) is 17.1 Å². The molecule has 2 amide bonds. The molecule has 2 heterocycles. The lowest BCUT2D eigenvalue weighted by atomic mass is 10.1. The minimum atomic E-state index is -0.606. The number of nitrogens with one attached hydrogen (secondary N) is 1. The number of fused-ring (bicyclic) bond motifs is 1. The molecule has 0 aromatic heterocycles. The number of para-hydroxylation sites is 1. The fraction of sp³-hybridized carbons (Fsp3) is 0.286. The van der Waals surface area contributed by atoms with Crippen LogP contribution >= 0.6 is 12.2 Å². The van der Waals surface area contributed by atoms with Crippen LogP contribution in [0.4, 0.5) is 5.69 Å². The van der Waals surface area contributed by atoms with Gasteiger partial charge in [-0.05, 0) is 48.5 Å². The summed E-state index contributed by atoms with van der Waals surface area (Å²) >= 11 is 5.45. The largest absolute Gasteiger partial charge is 0.454 e. The van der Waals surface area contributed by atoms with Crippen molar-refractivity contribution in [3.05, 3.63) is 54.1 Å². The van der Waals surface area contributed by atoms with Crippen molar-refractivity contribution in [2.75, 3.05) is 25.7 Å². The predicted molar refractivity (Wildman–Crippen MR) is 112 cm³/mol. The summed E-state index contributed by atoms with van der Waals surface area (Å²) in [4.78, 5) is 28.4. The number of anilines is 1. The minimum Gasteiger partial charge on any atom is -0.454 e. The molecule has 1 atom stereocenters. The summed E-state index contributed by atoms with van der Waals surface area (Å²) in [5.74, 6) is 1.07. The summed E-state index contributed by atoms with van der Waals surface area (Å²) in [5.41, 5.74) is 1.75. The van der Waals surface area contributed by atoms with Gasteiger partial charge in [0.05, 0.1) is 6.42 Å². The summed E-state index contributed by atoms with van der Waals surface area (Å²) in [6.45, 7) is 0.755. The number of hydrogen-bond acceptors (Lipinski definition) is 5. The number of nitrogens with zero attached hydrogens (tertiary/aromatic N) is 2. The Morgan fingerprint density at radius 3 is 2.72 bits per heavy atom. The maximum Gasteiger partial charge on any atom is 0.251 e. The van der Waals surface area contributed by atoms with E-state index >= 15 is 0 Å². The normalized spacial score (nSPS) is 17.8. The molecule has 150 valence electrons. The Balaban J connectivity index is 1.43. The molecule has 0 spiro atoms. The van der Waals surface area contributed by atoms with Crippen LogP contribution in [0.3, 0.4) is 0 Å². The number of benzene rings is 2. The Kier molecular flexibility index (Phi) is 5.35. The Labute approximate surface area is 174 Å². The van der Waals surface area contributed by atoms with Gasteiger partial charge in [0.1, 0.15) is 6.04 Å². The molecule has 1 fully saturated rings. The molecule has 0 saturated carbocycles.